The molecule has 0 aliphatic heterocycles. The highest BCUT2D eigenvalue weighted by atomic mass is 32.2. The van der Waals surface area contributed by atoms with Crippen LogP contribution in [0.4, 0.5) is 5.69 Å². The molecule has 0 atom stereocenters. The molecule has 2 N–H and O–H groups in total. The van der Waals surface area contributed by atoms with E-state index in [0.717, 1.165) is 5.56 Å². The second-order valence-electron chi connectivity index (χ2n) is 4.30. The minimum absolute atomic E-state index is 0.0935. The number of methoxy groups -OCH3 is 1. The first kappa shape index (κ1) is 14.8. The van der Waals surface area contributed by atoms with E-state index in [1.165, 1.54) is 41.9 Å². The van der Waals surface area contributed by atoms with E-state index in [1.807, 2.05) is 16.8 Å². The average molecular weight is 312 g/mol. The number of nitrogens with two attached hydrogens (primary N) is 1. The summed E-state index contributed by atoms with van der Waals surface area (Å²) in [5.41, 5.74) is 6.94. The summed E-state index contributed by atoms with van der Waals surface area (Å²) in [6, 6.07) is 6.45. The van der Waals surface area contributed by atoms with Gasteiger partial charge in [-0.1, -0.05) is 0 Å². The van der Waals surface area contributed by atoms with Gasteiger partial charge in [0.05, 0.1) is 12.8 Å². The summed E-state index contributed by atoms with van der Waals surface area (Å²) >= 11 is 1.53. The van der Waals surface area contributed by atoms with Gasteiger partial charge in [0.25, 0.3) is 0 Å². The van der Waals surface area contributed by atoms with Crippen LogP contribution in [0.1, 0.15) is 5.56 Å². The zero-order valence-corrected chi connectivity index (χ0v) is 12.9. The standard InChI is InChI=1S/C13H16N2O3S2/c1-15(8-10-5-6-19-9-10)20(16,17)13-4-3-11(18-2)7-12(13)14/h3-7,9H,8,14H2,1-2H3. The third-order valence-corrected chi connectivity index (χ3v) is 5.50. The minimum Gasteiger partial charge on any atom is -0.497 e. The fraction of sp³-hybridized carbons (Fsp3) is 0.231. The molecule has 108 valence electrons. The molecule has 5 nitrogen and oxygen atoms in total. The normalized spacial score (nSPS) is 11.8. The van der Waals surface area contributed by atoms with E-state index in [1.54, 1.807) is 6.07 Å². The fourth-order valence-electron chi connectivity index (χ4n) is 1.78. The van der Waals surface area contributed by atoms with Crippen molar-refractivity contribution in [1.29, 1.82) is 0 Å². The Labute approximate surface area is 122 Å². The molecule has 0 radical (unpaired) electrons. The van der Waals surface area contributed by atoms with Crippen LogP contribution >= 0.6 is 11.3 Å². The molecule has 0 amide bonds. The topological polar surface area (TPSA) is 72.6 Å². The lowest BCUT2D eigenvalue weighted by molar-refractivity contribution is 0.414. The summed E-state index contributed by atoms with van der Waals surface area (Å²) in [6.07, 6.45) is 0. The van der Waals surface area contributed by atoms with Crippen LogP contribution in [0.25, 0.3) is 0 Å². The monoisotopic (exact) mass is 312 g/mol. The van der Waals surface area contributed by atoms with Crippen molar-refractivity contribution in [2.24, 2.45) is 0 Å². The Kier molecular flexibility index (Phi) is 4.32. The number of sulfonamides is 1. The number of nitrogens with zero attached hydrogens (tertiary/aromatic N) is 1. The highest BCUT2D eigenvalue weighted by Crippen LogP contribution is 2.26. The summed E-state index contributed by atoms with van der Waals surface area (Å²) in [5, 5.41) is 3.83. The molecule has 1 aromatic heterocycles. The predicted molar refractivity (Wildman–Crippen MR) is 80.4 cm³/mol. The van der Waals surface area contributed by atoms with Gasteiger partial charge in [-0.05, 0) is 34.5 Å². The molecule has 0 bridgehead atoms. The summed E-state index contributed by atoms with van der Waals surface area (Å²) in [7, 11) is -0.569. The SMILES string of the molecule is COc1ccc(S(=O)(=O)N(C)Cc2ccsc2)c(N)c1. The lowest BCUT2D eigenvalue weighted by Gasteiger charge is -2.18. The highest BCUT2D eigenvalue weighted by Gasteiger charge is 2.23. The highest BCUT2D eigenvalue weighted by molar-refractivity contribution is 7.89. The van der Waals surface area contributed by atoms with E-state index in [0.29, 0.717) is 12.3 Å². The van der Waals surface area contributed by atoms with Crippen LogP contribution in [0.15, 0.2) is 39.9 Å². The predicted octanol–water partition coefficient (Wildman–Crippen LogP) is 2.16. The largest absolute Gasteiger partial charge is 0.497 e. The van der Waals surface area contributed by atoms with Gasteiger partial charge in [0, 0.05) is 19.7 Å². The molecular weight excluding hydrogens is 296 g/mol. The van der Waals surface area contributed by atoms with Gasteiger partial charge < -0.3 is 10.5 Å². The molecule has 20 heavy (non-hydrogen) atoms. The summed E-state index contributed by atoms with van der Waals surface area (Å²) in [6.45, 7) is 0.317. The van der Waals surface area contributed by atoms with Crippen LogP contribution in [0, 0.1) is 0 Å². The van der Waals surface area contributed by atoms with Gasteiger partial charge in [0.2, 0.25) is 10.0 Å². The fourth-order valence-corrected chi connectivity index (χ4v) is 3.69. The van der Waals surface area contributed by atoms with Crippen molar-refractivity contribution in [2.75, 3.05) is 19.9 Å². The van der Waals surface area contributed by atoms with Gasteiger partial charge in [0.15, 0.2) is 0 Å². The Morgan fingerprint density at radius 1 is 1.35 bits per heavy atom. The van der Waals surface area contributed by atoms with Crippen molar-refractivity contribution in [2.45, 2.75) is 11.4 Å². The number of hydrogen-bond acceptors (Lipinski definition) is 5. The zero-order valence-electron chi connectivity index (χ0n) is 11.2. The maximum absolute atomic E-state index is 12.5. The van der Waals surface area contributed by atoms with Crippen molar-refractivity contribution in [3.05, 3.63) is 40.6 Å². The number of rotatable bonds is 5. The van der Waals surface area contributed by atoms with E-state index in [-0.39, 0.29) is 10.6 Å². The number of thiophene rings is 1. The first-order valence-corrected chi connectivity index (χ1v) is 8.24. The molecule has 0 fully saturated rings. The number of ether oxygens (including phenoxy) is 1. The van der Waals surface area contributed by atoms with Crippen molar-refractivity contribution in [3.63, 3.8) is 0 Å². The third-order valence-electron chi connectivity index (χ3n) is 2.89. The summed E-state index contributed by atoms with van der Waals surface area (Å²) in [5.74, 6) is 0.530. The van der Waals surface area contributed by atoms with E-state index >= 15 is 0 Å². The van der Waals surface area contributed by atoms with Crippen LogP contribution < -0.4 is 10.5 Å². The van der Waals surface area contributed by atoms with Crippen molar-refractivity contribution in [3.8, 4) is 5.75 Å². The number of nitrogen functional groups attached to an aromatic ring is 1. The number of benzene rings is 1. The quantitative estimate of drug-likeness (QED) is 0.859. The van der Waals surface area contributed by atoms with Crippen molar-refractivity contribution < 1.29 is 13.2 Å². The molecule has 0 aliphatic carbocycles. The molecule has 2 rings (SSSR count). The lowest BCUT2D eigenvalue weighted by atomic mass is 10.3. The van der Waals surface area contributed by atoms with Gasteiger partial charge in [0.1, 0.15) is 10.6 Å². The molecule has 0 saturated heterocycles. The minimum atomic E-state index is -3.61. The van der Waals surface area contributed by atoms with Gasteiger partial charge in [-0.15, -0.1) is 0 Å². The second-order valence-corrected chi connectivity index (χ2v) is 7.09. The van der Waals surface area contributed by atoms with Gasteiger partial charge in [-0.2, -0.15) is 15.6 Å². The maximum atomic E-state index is 12.5. The van der Waals surface area contributed by atoms with Gasteiger partial charge >= 0.3 is 0 Å². The Bertz CT molecular complexity index is 682. The van der Waals surface area contributed by atoms with Crippen LogP contribution in [-0.2, 0) is 16.6 Å². The summed E-state index contributed by atoms with van der Waals surface area (Å²) in [4.78, 5) is 0.0935. The molecule has 0 saturated carbocycles. The van der Waals surface area contributed by atoms with Crippen molar-refractivity contribution in [1.82, 2.24) is 4.31 Å². The summed E-state index contributed by atoms with van der Waals surface area (Å²) < 4.78 is 31.3. The third kappa shape index (κ3) is 2.95. The smallest absolute Gasteiger partial charge is 0.245 e. The maximum Gasteiger partial charge on any atom is 0.245 e. The van der Waals surface area contributed by atoms with Gasteiger partial charge in [-0.25, -0.2) is 8.42 Å². The zero-order chi connectivity index (χ0) is 14.8. The number of anilines is 1. The average Bonchev–Trinajstić information content (AvgIpc) is 2.91. The first-order valence-electron chi connectivity index (χ1n) is 5.86. The molecule has 2 aromatic rings. The first-order chi connectivity index (χ1) is 9.45. The lowest BCUT2D eigenvalue weighted by Crippen LogP contribution is -2.27. The molecule has 0 spiro atoms. The Morgan fingerprint density at radius 3 is 2.65 bits per heavy atom. The van der Waals surface area contributed by atoms with Gasteiger partial charge in [-0.3, -0.25) is 0 Å². The molecular formula is C13H16N2O3S2. The molecule has 7 heteroatoms. The molecule has 0 aliphatic rings. The van der Waals surface area contributed by atoms with E-state index in [2.05, 4.69) is 0 Å². The molecule has 0 unspecified atom stereocenters. The van der Waals surface area contributed by atoms with E-state index < -0.39 is 10.0 Å². The number of hydrogen-bond donors (Lipinski definition) is 1. The Morgan fingerprint density at radius 2 is 2.10 bits per heavy atom. The van der Waals surface area contributed by atoms with E-state index in [9.17, 15) is 8.42 Å². The van der Waals surface area contributed by atoms with Crippen LogP contribution in [-0.4, -0.2) is 26.9 Å². The van der Waals surface area contributed by atoms with Crippen LogP contribution in [0.5, 0.6) is 5.75 Å². The Hall–Kier alpha value is -1.57. The van der Waals surface area contributed by atoms with E-state index in [4.69, 9.17) is 10.5 Å². The molecule has 1 heterocycles. The van der Waals surface area contributed by atoms with Crippen LogP contribution in [0.2, 0.25) is 0 Å². The Balaban J connectivity index is 2.30. The van der Waals surface area contributed by atoms with Crippen molar-refractivity contribution >= 4 is 27.0 Å². The van der Waals surface area contributed by atoms with Crippen LogP contribution in [0.3, 0.4) is 0 Å². The molecule has 1 aromatic carbocycles. The second kappa shape index (κ2) is 5.82.